The summed E-state index contributed by atoms with van der Waals surface area (Å²) in [5, 5.41) is 2.37. The van der Waals surface area contributed by atoms with Crippen molar-refractivity contribution in [1.29, 1.82) is 0 Å². The zero-order chi connectivity index (χ0) is 40.5. The minimum atomic E-state index is 0.628. The van der Waals surface area contributed by atoms with E-state index in [1.54, 1.807) is 0 Å². The number of hydrogen-bond acceptors (Lipinski definition) is 5. The van der Waals surface area contributed by atoms with E-state index in [1.165, 1.54) is 37.2 Å². The molecule has 0 aliphatic carbocycles. The lowest BCUT2D eigenvalue weighted by atomic mass is 9.92. The van der Waals surface area contributed by atoms with Crippen LogP contribution >= 0.6 is 11.3 Å². The fraction of sp³-hybridized carbons (Fsp3) is 0. The van der Waals surface area contributed by atoms with Gasteiger partial charge in [0, 0.05) is 43.5 Å². The van der Waals surface area contributed by atoms with Gasteiger partial charge in [0.05, 0.1) is 15.9 Å². The number of benzene rings is 8. The molecule has 0 N–H and O–H groups in total. The molecular weight excluding hydrogens is 761 g/mol. The molecule has 286 valence electrons. The van der Waals surface area contributed by atoms with Gasteiger partial charge in [-0.3, -0.25) is 0 Å². The number of hydrogen-bond donors (Lipinski definition) is 0. The molecule has 0 spiro atoms. The van der Waals surface area contributed by atoms with Gasteiger partial charge >= 0.3 is 0 Å². The topological polar surface area (TPSA) is 51.6 Å². The van der Waals surface area contributed by atoms with Gasteiger partial charge in [0.15, 0.2) is 17.5 Å². The standard InChI is InChI=1S/C56H36N4S/c1-5-18-37(19-6-1)41-26-15-29-44(34-41)49-50-47-32-13-14-33-48(47)57-51(38-20-7-2-8-21-38)53(50)61-52(49)45-30-16-27-42(35-45)43-28-17-31-46(36-43)56-59-54(39-22-9-3-10-23-39)58-55(60-56)40-24-11-4-12-25-40/h1-36H. The highest BCUT2D eigenvalue weighted by Gasteiger charge is 2.23. The Labute approximate surface area is 358 Å². The highest BCUT2D eigenvalue weighted by Crippen LogP contribution is 2.50. The average molecular weight is 797 g/mol. The summed E-state index contributed by atoms with van der Waals surface area (Å²) in [7, 11) is 0. The smallest absolute Gasteiger partial charge is 0.164 e. The molecule has 11 rings (SSSR count). The van der Waals surface area contributed by atoms with E-state index in [-0.39, 0.29) is 0 Å². The molecule has 0 saturated carbocycles. The van der Waals surface area contributed by atoms with Crippen molar-refractivity contribution in [1.82, 2.24) is 19.9 Å². The van der Waals surface area contributed by atoms with Gasteiger partial charge in [-0.05, 0) is 57.6 Å². The maximum atomic E-state index is 5.33. The maximum absolute atomic E-state index is 5.33. The molecule has 5 heteroatoms. The Morgan fingerprint density at radius 2 is 0.705 bits per heavy atom. The van der Waals surface area contributed by atoms with E-state index in [4.69, 9.17) is 19.9 Å². The van der Waals surface area contributed by atoms with Gasteiger partial charge in [0.25, 0.3) is 0 Å². The van der Waals surface area contributed by atoms with Crippen molar-refractivity contribution in [2.24, 2.45) is 0 Å². The molecular formula is C56H36N4S. The summed E-state index contributed by atoms with van der Waals surface area (Å²) in [5.41, 5.74) is 14.0. The van der Waals surface area contributed by atoms with Gasteiger partial charge < -0.3 is 0 Å². The number of fused-ring (bicyclic) bond motifs is 3. The van der Waals surface area contributed by atoms with Crippen molar-refractivity contribution in [3.8, 4) is 89.2 Å². The predicted molar refractivity (Wildman–Crippen MR) is 254 cm³/mol. The molecule has 3 aromatic heterocycles. The fourth-order valence-corrected chi connectivity index (χ4v) is 9.52. The summed E-state index contributed by atoms with van der Waals surface area (Å²) >= 11 is 1.82. The second-order valence-electron chi connectivity index (χ2n) is 15.0. The minimum Gasteiger partial charge on any atom is -0.246 e. The van der Waals surface area contributed by atoms with E-state index < -0.39 is 0 Å². The van der Waals surface area contributed by atoms with Crippen LogP contribution in [0.1, 0.15) is 0 Å². The van der Waals surface area contributed by atoms with E-state index in [1.807, 2.05) is 72.0 Å². The van der Waals surface area contributed by atoms with Gasteiger partial charge in [0.1, 0.15) is 0 Å². The first kappa shape index (κ1) is 36.2. The van der Waals surface area contributed by atoms with E-state index in [0.29, 0.717) is 17.5 Å². The lowest BCUT2D eigenvalue weighted by Crippen LogP contribution is -2.00. The van der Waals surface area contributed by atoms with Crippen molar-refractivity contribution in [3.63, 3.8) is 0 Å². The zero-order valence-corrected chi connectivity index (χ0v) is 33.8. The first-order chi connectivity index (χ1) is 30.2. The lowest BCUT2D eigenvalue weighted by molar-refractivity contribution is 1.07. The van der Waals surface area contributed by atoms with Crippen molar-refractivity contribution in [3.05, 3.63) is 218 Å². The van der Waals surface area contributed by atoms with Crippen LogP contribution in [-0.2, 0) is 0 Å². The molecule has 61 heavy (non-hydrogen) atoms. The van der Waals surface area contributed by atoms with Crippen LogP contribution in [0, 0.1) is 0 Å². The third-order valence-corrected chi connectivity index (χ3v) is 12.4. The Kier molecular flexibility index (Phi) is 9.34. The molecule has 8 aromatic carbocycles. The molecule has 0 bridgehead atoms. The molecule has 11 aromatic rings. The Morgan fingerprint density at radius 3 is 1.31 bits per heavy atom. The molecule has 0 amide bonds. The van der Waals surface area contributed by atoms with Gasteiger partial charge in [-0.2, -0.15) is 0 Å². The molecule has 0 aliphatic heterocycles. The van der Waals surface area contributed by atoms with Crippen LogP contribution < -0.4 is 0 Å². The van der Waals surface area contributed by atoms with Crippen LogP contribution in [0.15, 0.2) is 218 Å². The largest absolute Gasteiger partial charge is 0.246 e. The zero-order valence-electron chi connectivity index (χ0n) is 33.0. The molecule has 0 radical (unpaired) electrons. The second kappa shape index (κ2) is 15.7. The lowest BCUT2D eigenvalue weighted by Gasteiger charge is -2.12. The van der Waals surface area contributed by atoms with Gasteiger partial charge in [-0.1, -0.05) is 194 Å². The normalized spacial score (nSPS) is 11.3. The Hall–Kier alpha value is -7.86. The molecule has 0 atom stereocenters. The number of aromatic nitrogens is 4. The van der Waals surface area contributed by atoms with E-state index in [2.05, 4.69) is 158 Å². The molecule has 0 aliphatic rings. The Morgan fingerprint density at radius 1 is 0.295 bits per heavy atom. The minimum absolute atomic E-state index is 0.628. The fourth-order valence-electron chi connectivity index (χ4n) is 8.18. The van der Waals surface area contributed by atoms with Crippen LogP contribution in [0.3, 0.4) is 0 Å². The molecule has 0 fully saturated rings. The number of thiophene rings is 1. The van der Waals surface area contributed by atoms with Gasteiger partial charge in [0.2, 0.25) is 0 Å². The highest BCUT2D eigenvalue weighted by atomic mass is 32.1. The van der Waals surface area contributed by atoms with Gasteiger partial charge in [-0.25, -0.2) is 19.9 Å². The average Bonchev–Trinajstić information content (AvgIpc) is 3.76. The Balaban J connectivity index is 1.09. The molecule has 0 saturated heterocycles. The Bertz CT molecular complexity index is 3290. The van der Waals surface area contributed by atoms with Crippen molar-refractivity contribution < 1.29 is 0 Å². The second-order valence-corrected chi connectivity index (χ2v) is 16.0. The third kappa shape index (κ3) is 6.97. The molecule has 4 nitrogen and oxygen atoms in total. The number of para-hydroxylation sites is 1. The first-order valence-electron chi connectivity index (χ1n) is 20.4. The van der Waals surface area contributed by atoms with Crippen LogP contribution in [-0.4, -0.2) is 19.9 Å². The van der Waals surface area contributed by atoms with Crippen LogP contribution in [0.4, 0.5) is 0 Å². The quantitative estimate of drug-likeness (QED) is 0.154. The van der Waals surface area contributed by atoms with Crippen LogP contribution in [0.25, 0.3) is 110 Å². The number of nitrogens with zero attached hydrogens (tertiary/aromatic N) is 4. The van der Waals surface area contributed by atoms with E-state index in [9.17, 15) is 0 Å². The highest BCUT2D eigenvalue weighted by molar-refractivity contribution is 7.23. The summed E-state index contributed by atoms with van der Waals surface area (Å²) in [6.45, 7) is 0. The van der Waals surface area contributed by atoms with Crippen molar-refractivity contribution in [2.75, 3.05) is 0 Å². The summed E-state index contributed by atoms with van der Waals surface area (Å²) < 4.78 is 1.17. The predicted octanol–water partition coefficient (Wildman–Crippen LogP) is 15.0. The summed E-state index contributed by atoms with van der Waals surface area (Å²) in [6, 6.07) is 76.4. The summed E-state index contributed by atoms with van der Waals surface area (Å²) in [4.78, 5) is 21.5. The monoisotopic (exact) mass is 796 g/mol. The summed E-state index contributed by atoms with van der Waals surface area (Å²) in [5.74, 6) is 1.91. The maximum Gasteiger partial charge on any atom is 0.164 e. The third-order valence-electron chi connectivity index (χ3n) is 11.1. The van der Waals surface area contributed by atoms with E-state index >= 15 is 0 Å². The van der Waals surface area contributed by atoms with E-state index in [0.717, 1.165) is 55.5 Å². The SMILES string of the molecule is c1ccc(-c2cccc(-c3c(-c4cccc(-c5cccc(-c6nc(-c7ccccc7)nc(-c7ccccc7)n6)c5)c4)sc4c(-c5ccccc5)nc5ccccc5c34)c2)cc1. The summed E-state index contributed by atoms with van der Waals surface area (Å²) in [6.07, 6.45) is 0. The van der Waals surface area contributed by atoms with Crippen molar-refractivity contribution in [2.45, 2.75) is 0 Å². The van der Waals surface area contributed by atoms with Crippen LogP contribution in [0.5, 0.6) is 0 Å². The number of rotatable bonds is 8. The van der Waals surface area contributed by atoms with Crippen molar-refractivity contribution >= 4 is 32.3 Å². The molecule has 0 unspecified atom stereocenters. The molecule has 3 heterocycles. The first-order valence-corrected chi connectivity index (χ1v) is 21.2. The van der Waals surface area contributed by atoms with Crippen LogP contribution in [0.2, 0.25) is 0 Å². The number of pyridine rings is 1. The van der Waals surface area contributed by atoms with Gasteiger partial charge in [-0.15, -0.1) is 11.3 Å².